The van der Waals surface area contributed by atoms with Crippen molar-refractivity contribution in [2.75, 3.05) is 0 Å². The molecule has 0 unspecified atom stereocenters. The van der Waals surface area contributed by atoms with Gasteiger partial charge >= 0.3 is 0 Å². The Kier molecular flexibility index (Phi) is 4.72. The van der Waals surface area contributed by atoms with E-state index in [1.807, 2.05) is 26.0 Å². The summed E-state index contributed by atoms with van der Waals surface area (Å²) in [5.74, 6) is 0.921. The molecule has 0 bridgehead atoms. The second-order valence-corrected chi connectivity index (χ2v) is 6.26. The third-order valence-corrected chi connectivity index (χ3v) is 3.79. The topological polar surface area (TPSA) is 9.23 Å². The molecule has 2 aromatic carbocycles. The fraction of sp³-hybridized carbons (Fsp3) is 0.200. The molecular formula is C15H15BrOS. The van der Waals surface area contributed by atoms with Gasteiger partial charge in [-0.3, -0.25) is 0 Å². The number of ether oxygens (including phenoxy) is 1. The van der Waals surface area contributed by atoms with E-state index in [9.17, 15) is 0 Å². The number of hydrogen-bond donors (Lipinski definition) is 0. The highest BCUT2D eigenvalue weighted by Gasteiger charge is 2.00. The quantitative estimate of drug-likeness (QED) is 0.746. The van der Waals surface area contributed by atoms with Crippen LogP contribution in [0, 0.1) is 0 Å². The summed E-state index contributed by atoms with van der Waals surface area (Å²) in [6.07, 6.45) is 0.218. The summed E-state index contributed by atoms with van der Waals surface area (Å²) in [5.41, 5.74) is 0. The maximum atomic E-state index is 5.62. The average molecular weight is 323 g/mol. The summed E-state index contributed by atoms with van der Waals surface area (Å²) in [7, 11) is 0. The van der Waals surface area contributed by atoms with Gasteiger partial charge in [-0.25, -0.2) is 0 Å². The van der Waals surface area contributed by atoms with E-state index in [2.05, 4.69) is 52.3 Å². The van der Waals surface area contributed by atoms with Gasteiger partial charge in [-0.15, -0.1) is 0 Å². The van der Waals surface area contributed by atoms with Crippen molar-refractivity contribution in [2.24, 2.45) is 0 Å². The summed E-state index contributed by atoms with van der Waals surface area (Å²) in [5, 5.41) is 0. The van der Waals surface area contributed by atoms with Crippen LogP contribution < -0.4 is 4.74 Å². The molecule has 1 nitrogen and oxygen atoms in total. The Morgan fingerprint density at radius 3 is 1.89 bits per heavy atom. The highest BCUT2D eigenvalue weighted by Crippen LogP contribution is 2.29. The predicted octanol–water partition coefficient (Wildman–Crippen LogP) is 5.39. The monoisotopic (exact) mass is 322 g/mol. The predicted molar refractivity (Wildman–Crippen MR) is 80.5 cm³/mol. The molecule has 0 N–H and O–H groups in total. The van der Waals surface area contributed by atoms with E-state index in [0.717, 1.165) is 10.2 Å². The Labute approximate surface area is 121 Å². The van der Waals surface area contributed by atoms with Crippen molar-refractivity contribution in [3.8, 4) is 5.75 Å². The van der Waals surface area contributed by atoms with Crippen LogP contribution in [0.15, 0.2) is 62.8 Å². The van der Waals surface area contributed by atoms with Crippen molar-refractivity contribution in [3.63, 3.8) is 0 Å². The summed E-state index contributed by atoms with van der Waals surface area (Å²) in [6.45, 7) is 4.06. The van der Waals surface area contributed by atoms with E-state index in [4.69, 9.17) is 4.74 Å². The molecule has 0 aliphatic rings. The van der Waals surface area contributed by atoms with Gasteiger partial charge in [-0.2, -0.15) is 0 Å². The minimum Gasteiger partial charge on any atom is -0.491 e. The van der Waals surface area contributed by atoms with Gasteiger partial charge in [0.1, 0.15) is 5.75 Å². The molecule has 2 aromatic rings. The van der Waals surface area contributed by atoms with Crippen molar-refractivity contribution in [2.45, 2.75) is 29.7 Å². The Balaban J connectivity index is 2.04. The fourth-order valence-electron chi connectivity index (χ4n) is 1.50. The van der Waals surface area contributed by atoms with Gasteiger partial charge in [-0.1, -0.05) is 27.7 Å². The molecule has 0 heterocycles. The molecule has 0 aliphatic heterocycles. The molecule has 0 atom stereocenters. The van der Waals surface area contributed by atoms with Crippen LogP contribution in [0.4, 0.5) is 0 Å². The Morgan fingerprint density at radius 2 is 1.39 bits per heavy atom. The third-order valence-electron chi connectivity index (χ3n) is 2.24. The lowest BCUT2D eigenvalue weighted by Crippen LogP contribution is -2.04. The van der Waals surface area contributed by atoms with E-state index in [1.165, 1.54) is 9.79 Å². The van der Waals surface area contributed by atoms with E-state index < -0.39 is 0 Å². The minimum atomic E-state index is 0.218. The fourth-order valence-corrected chi connectivity index (χ4v) is 2.58. The number of benzene rings is 2. The molecule has 3 heteroatoms. The van der Waals surface area contributed by atoms with Crippen molar-refractivity contribution >= 4 is 27.7 Å². The maximum Gasteiger partial charge on any atom is 0.119 e. The van der Waals surface area contributed by atoms with Crippen molar-refractivity contribution in [3.05, 3.63) is 53.0 Å². The Hall–Kier alpha value is -0.930. The molecule has 0 aliphatic carbocycles. The lowest BCUT2D eigenvalue weighted by Gasteiger charge is -2.10. The molecular weight excluding hydrogens is 308 g/mol. The first kappa shape index (κ1) is 13.5. The van der Waals surface area contributed by atoms with E-state index >= 15 is 0 Å². The average Bonchev–Trinajstić information content (AvgIpc) is 2.34. The number of hydrogen-bond acceptors (Lipinski definition) is 2. The third kappa shape index (κ3) is 4.07. The van der Waals surface area contributed by atoms with Gasteiger partial charge in [0.15, 0.2) is 0 Å². The van der Waals surface area contributed by atoms with Crippen molar-refractivity contribution in [1.29, 1.82) is 0 Å². The maximum absolute atomic E-state index is 5.62. The van der Waals surface area contributed by atoms with Gasteiger partial charge in [0.2, 0.25) is 0 Å². The Bertz CT molecular complexity index is 491. The second kappa shape index (κ2) is 6.30. The first-order valence-electron chi connectivity index (χ1n) is 5.83. The van der Waals surface area contributed by atoms with E-state index in [0.29, 0.717) is 0 Å². The highest BCUT2D eigenvalue weighted by atomic mass is 79.9. The van der Waals surface area contributed by atoms with Gasteiger partial charge in [0, 0.05) is 14.3 Å². The molecule has 94 valence electrons. The van der Waals surface area contributed by atoms with Crippen molar-refractivity contribution in [1.82, 2.24) is 0 Å². The first-order chi connectivity index (χ1) is 8.63. The standard InChI is InChI=1S/C15H15BrOS/c1-11(2)17-13-5-9-15(10-6-13)18-14-7-3-12(16)4-8-14/h3-11H,1-2H3. The largest absolute Gasteiger partial charge is 0.491 e. The van der Waals surface area contributed by atoms with Gasteiger partial charge in [0.25, 0.3) is 0 Å². The van der Waals surface area contributed by atoms with Crippen LogP contribution in [-0.2, 0) is 0 Å². The SMILES string of the molecule is CC(C)Oc1ccc(Sc2ccc(Br)cc2)cc1. The van der Waals surface area contributed by atoms with Crippen LogP contribution in [0.1, 0.15) is 13.8 Å². The normalized spacial score (nSPS) is 10.7. The molecule has 0 saturated carbocycles. The van der Waals surface area contributed by atoms with E-state index in [-0.39, 0.29) is 6.10 Å². The van der Waals surface area contributed by atoms with Crippen LogP contribution in [0.3, 0.4) is 0 Å². The lowest BCUT2D eigenvalue weighted by molar-refractivity contribution is 0.242. The molecule has 0 saturated heterocycles. The molecule has 0 amide bonds. The van der Waals surface area contributed by atoms with Crippen LogP contribution >= 0.6 is 27.7 Å². The first-order valence-corrected chi connectivity index (χ1v) is 7.44. The van der Waals surface area contributed by atoms with Crippen LogP contribution in [0.2, 0.25) is 0 Å². The molecule has 0 aromatic heterocycles. The van der Waals surface area contributed by atoms with Gasteiger partial charge < -0.3 is 4.74 Å². The summed E-state index contributed by atoms with van der Waals surface area (Å²) in [6, 6.07) is 16.5. The van der Waals surface area contributed by atoms with E-state index in [1.54, 1.807) is 11.8 Å². The van der Waals surface area contributed by atoms with Crippen LogP contribution in [0.25, 0.3) is 0 Å². The summed E-state index contributed by atoms with van der Waals surface area (Å²) >= 11 is 5.18. The zero-order valence-corrected chi connectivity index (χ0v) is 12.8. The zero-order valence-electron chi connectivity index (χ0n) is 10.4. The molecule has 0 fully saturated rings. The summed E-state index contributed by atoms with van der Waals surface area (Å²) in [4.78, 5) is 2.45. The number of rotatable bonds is 4. The minimum absolute atomic E-state index is 0.218. The Morgan fingerprint density at radius 1 is 0.889 bits per heavy atom. The summed E-state index contributed by atoms with van der Waals surface area (Å²) < 4.78 is 6.72. The van der Waals surface area contributed by atoms with Crippen LogP contribution in [0.5, 0.6) is 5.75 Å². The van der Waals surface area contributed by atoms with Gasteiger partial charge in [0.05, 0.1) is 6.10 Å². The highest BCUT2D eigenvalue weighted by molar-refractivity contribution is 9.10. The zero-order chi connectivity index (χ0) is 13.0. The molecule has 2 rings (SSSR count). The van der Waals surface area contributed by atoms with Crippen LogP contribution in [-0.4, -0.2) is 6.10 Å². The van der Waals surface area contributed by atoms with Gasteiger partial charge in [-0.05, 0) is 62.4 Å². The van der Waals surface area contributed by atoms with Crippen molar-refractivity contribution < 1.29 is 4.74 Å². The second-order valence-electron chi connectivity index (χ2n) is 4.19. The number of halogens is 1. The smallest absolute Gasteiger partial charge is 0.119 e. The molecule has 0 radical (unpaired) electrons. The molecule has 0 spiro atoms. The lowest BCUT2D eigenvalue weighted by atomic mass is 10.3. The molecule has 18 heavy (non-hydrogen) atoms.